The molecule has 0 spiro atoms. The van der Waals surface area contributed by atoms with E-state index >= 15 is 0 Å². The summed E-state index contributed by atoms with van der Waals surface area (Å²) in [7, 11) is 0. The van der Waals surface area contributed by atoms with Crippen LogP contribution in [0.4, 0.5) is 0 Å². The number of rotatable bonds is 1. The number of carboxylic acids is 1. The van der Waals surface area contributed by atoms with Crippen LogP contribution >= 0.6 is 0 Å². The Labute approximate surface area is 83.3 Å². The summed E-state index contributed by atoms with van der Waals surface area (Å²) in [6.07, 6.45) is 0. The molecule has 0 bridgehead atoms. The Morgan fingerprint density at radius 2 is 1.80 bits per heavy atom. The van der Waals surface area contributed by atoms with Crippen molar-refractivity contribution >= 4 is 5.97 Å². The van der Waals surface area contributed by atoms with E-state index in [-0.39, 0.29) is 29.6 Å². The van der Waals surface area contributed by atoms with Crippen LogP contribution in [0.3, 0.4) is 0 Å². The molecule has 0 aliphatic carbocycles. The molecule has 0 aromatic rings. The van der Waals surface area contributed by atoms with Crippen LogP contribution in [-0.4, -0.2) is 12.0 Å². The molecule has 3 nitrogen and oxygen atoms in total. The molecule has 0 saturated carbocycles. The van der Waals surface area contributed by atoms with Crippen molar-refractivity contribution in [1.82, 2.24) is 0 Å². The minimum Gasteiger partial charge on any atom is -0.548 e. The summed E-state index contributed by atoms with van der Waals surface area (Å²) in [4.78, 5) is 10.1. The monoisotopic (exact) mass is 153 g/mol. The molecule has 1 atom stereocenters. The smallest absolute Gasteiger partial charge is 0.548 e. The van der Waals surface area contributed by atoms with Gasteiger partial charge in [-0.3, -0.25) is 0 Å². The van der Waals surface area contributed by atoms with Crippen LogP contribution in [0.25, 0.3) is 0 Å². The molecule has 54 valence electrons. The van der Waals surface area contributed by atoms with Gasteiger partial charge < -0.3 is 15.6 Å². The maximum Gasteiger partial charge on any atom is 1.00 e. The van der Waals surface area contributed by atoms with Crippen molar-refractivity contribution in [2.75, 3.05) is 0 Å². The molecule has 0 rings (SSSR count). The molecule has 0 aliphatic heterocycles. The zero-order valence-electron chi connectivity index (χ0n) is 6.97. The van der Waals surface area contributed by atoms with E-state index in [0.29, 0.717) is 0 Å². The maximum atomic E-state index is 10.1. The van der Waals surface area contributed by atoms with Crippen LogP contribution in [0.2, 0.25) is 0 Å². The molecule has 10 heavy (non-hydrogen) atoms. The summed E-state index contributed by atoms with van der Waals surface area (Å²) in [5.74, 6) is -1.19. The van der Waals surface area contributed by atoms with Crippen LogP contribution in [0.1, 0.15) is 20.8 Å². The summed E-state index contributed by atoms with van der Waals surface area (Å²) >= 11 is 0. The molecule has 0 radical (unpaired) electrons. The third kappa shape index (κ3) is 4.28. The van der Waals surface area contributed by atoms with Gasteiger partial charge >= 0.3 is 29.6 Å². The van der Waals surface area contributed by atoms with Gasteiger partial charge in [0.1, 0.15) is 0 Å². The first-order valence-electron chi connectivity index (χ1n) is 2.82. The largest absolute Gasteiger partial charge is 1.00 e. The van der Waals surface area contributed by atoms with E-state index in [1.54, 1.807) is 20.8 Å². The average molecular weight is 153 g/mol. The Balaban J connectivity index is 0. The molecule has 2 N–H and O–H groups in total. The van der Waals surface area contributed by atoms with Gasteiger partial charge in [0.2, 0.25) is 0 Å². The van der Waals surface area contributed by atoms with Gasteiger partial charge in [-0.25, -0.2) is 0 Å². The van der Waals surface area contributed by atoms with Crippen molar-refractivity contribution < 1.29 is 39.5 Å². The van der Waals surface area contributed by atoms with Gasteiger partial charge in [-0.05, 0) is 5.41 Å². The van der Waals surface area contributed by atoms with E-state index in [1.807, 2.05) is 0 Å². The third-order valence-corrected chi connectivity index (χ3v) is 1.19. The van der Waals surface area contributed by atoms with E-state index < -0.39 is 17.4 Å². The Morgan fingerprint density at radius 3 is 1.80 bits per heavy atom. The fourth-order valence-electron chi connectivity index (χ4n) is 0.354. The predicted molar refractivity (Wildman–Crippen MR) is 32.4 cm³/mol. The first kappa shape index (κ1) is 13.1. The van der Waals surface area contributed by atoms with E-state index in [0.717, 1.165) is 0 Å². The van der Waals surface area contributed by atoms with E-state index in [4.69, 9.17) is 5.73 Å². The number of carbonyl (C=O) groups is 1. The van der Waals surface area contributed by atoms with Crippen molar-refractivity contribution in [1.29, 1.82) is 0 Å². The summed E-state index contributed by atoms with van der Waals surface area (Å²) in [5.41, 5.74) is 4.83. The molecule has 4 heteroatoms. The van der Waals surface area contributed by atoms with Crippen molar-refractivity contribution in [2.45, 2.75) is 26.8 Å². The number of nitrogens with two attached hydrogens (primary N) is 1. The number of carboxylic acid groups (broad SMARTS) is 1. The summed E-state index contributed by atoms with van der Waals surface area (Å²) < 4.78 is 0. The van der Waals surface area contributed by atoms with Gasteiger partial charge in [0, 0.05) is 6.04 Å². The number of hydrogen-bond acceptors (Lipinski definition) is 3. The van der Waals surface area contributed by atoms with Gasteiger partial charge in [-0.15, -0.1) is 0 Å². The van der Waals surface area contributed by atoms with E-state index in [1.165, 1.54) is 0 Å². The number of aliphatic carboxylic acids is 1. The van der Waals surface area contributed by atoms with E-state index in [9.17, 15) is 9.90 Å². The van der Waals surface area contributed by atoms with Gasteiger partial charge in [-0.2, -0.15) is 0 Å². The fourth-order valence-corrected chi connectivity index (χ4v) is 0.354. The fraction of sp³-hybridized carbons (Fsp3) is 0.833. The normalized spacial score (nSPS) is 13.6. The molecule has 1 unspecified atom stereocenters. The van der Waals surface area contributed by atoms with Crippen LogP contribution in [0.15, 0.2) is 0 Å². The zero-order valence-corrected chi connectivity index (χ0v) is 8.97. The van der Waals surface area contributed by atoms with Crippen LogP contribution in [-0.2, 0) is 4.79 Å². The molecule has 0 aromatic carbocycles. The molecule has 0 fully saturated rings. The Bertz CT molecular complexity index is 119. The van der Waals surface area contributed by atoms with Crippen LogP contribution < -0.4 is 40.4 Å². The maximum absolute atomic E-state index is 10.1. The van der Waals surface area contributed by atoms with Crippen molar-refractivity contribution in [3.63, 3.8) is 0 Å². The summed E-state index contributed by atoms with van der Waals surface area (Å²) in [5, 5.41) is 10.1. The summed E-state index contributed by atoms with van der Waals surface area (Å²) in [6.45, 7) is 5.27. The molecular weight excluding hydrogens is 141 g/mol. The molecule has 0 amide bonds. The Kier molecular flexibility index (Phi) is 5.66. The Morgan fingerprint density at radius 1 is 1.50 bits per heavy atom. The Hall–Kier alpha value is 0.430. The minimum absolute atomic E-state index is 0. The topological polar surface area (TPSA) is 66.2 Å². The molecular formula is C6H12NNaO2. The second-order valence-corrected chi connectivity index (χ2v) is 3.16. The standard InChI is InChI=1S/C6H13NO2.Na/c1-6(2,3)4(7)5(8)9;/h4H,7H2,1-3H3,(H,8,9);/q;+1/p-1. The minimum atomic E-state index is -1.19. The number of carbonyl (C=O) groups excluding carboxylic acids is 1. The van der Waals surface area contributed by atoms with Gasteiger partial charge in [0.15, 0.2) is 0 Å². The molecule has 0 heterocycles. The molecule has 0 saturated heterocycles. The first-order chi connectivity index (χ1) is 3.85. The van der Waals surface area contributed by atoms with E-state index in [2.05, 4.69) is 0 Å². The van der Waals surface area contributed by atoms with Crippen LogP contribution in [0.5, 0.6) is 0 Å². The number of hydrogen-bond donors (Lipinski definition) is 1. The van der Waals surface area contributed by atoms with Crippen molar-refractivity contribution in [2.24, 2.45) is 11.1 Å². The van der Waals surface area contributed by atoms with Crippen LogP contribution in [0, 0.1) is 5.41 Å². The summed E-state index contributed by atoms with van der Waals surface area (Å²) in [6, 6.07) is -0.877. The SMILES string of the molecule is CC(C)(C)C(N)C(=O)[O-].[Na+]. The van der Waals surface area contributed by atoms with Gasteiger partial charge in [0.25, 0.3) is 0 Å². The van der Waals surface area contributed by atoms with Crippen molar-refractivity contribution in [3.05, 3.63) is 0 Å². The third-order valence-electron chi connectivity index (χ3n) is 1.19. The second kappa shape index (κ2) is 4.34. The molecule has 0 aromatic heterocycles. The predicted octanol–water partition coefficient (Wildman–Crippen LogP) is -3.89. The average Bonchev–Trinajstić information content (AvgIpc) is 1.62. The second-order valence-electron chi connectivity index (χ2n) is 3.16. The first-order valence-corrected chi connectivity index (χ1v) is 2.82. The zero-order chi connectivity index (χ0) is 7.65. The molecule has 0 aliphatic rings. The van der Waals surface area contributed by atoms with Gasteiger partial charge in [-0.1, -0.05) is 20.8 Å². The van der Waals surface area contributed by atoms with Crippen molar-refractivity contribution in [3.8, 4) is 0 Å². The quantitative estimate of drug-likeness (QED) is 0.392. The van der Waals surface area contributed by atoms with Gasteiger partial charge in [0.05, 0.1) is 5.97 Å².